The van der Waals surface area contributed by atoms with E-state index in [0.29, 0.717) is 30.4 Å². The van der Waals surface area contributed by atoms with Crippen LogP contribution in [0.25, 0.3) is 0 Å². The van der Waals surface area contributed by atoms with Gasteiger partial charge in [0.05, 0.1) is 23.6 Å². The molecule has 0 saturated carbocycles. The molecule has 2 aromatic rings. The minimum Gasteiger partial charge on any atom is -0.444 e. The molecule has 0 spiro atoms. The number of urea groups is 1. The predicted octanol–water partition coefficient (Wildman–Crippen LogP) is 3.50. The summed E-state index contributed by atoms with van der Waals surface area (Å²) < 4.78 is 34.3. The van der Waals surface area contributed by atoms with E-state index >= 15 is 0 Å². The molecule has 0 heterocycles. The number of rotatable bonds is 22. The highest BCUT2D eigenvalue weighted by Gasteiger charge is 2.33. The van der Waals surface area contributed by atoms with Crippen LogP contribution in [0.2, 0.25) is 0 Å². The van der Waals surface area contributed by atoms with Gasteiger partial charge in [0.1, 0.15) is 5.60 Å². The Morgan fingerprint density at radius 2 is 1.40 bits per heavy atom. The second-order valence-corrected chi connectivity index (χ2v) is 15.8. The molecule has 0 aliphatic carbocycles. The maximum absolute atomic E-state index is 13.9. The first kappa shape index (κ1) is 43.8. The number of carbonyl (C=O) groups is 5. The summed E-state index contributed by atoms with van der Waals surface area (Å²) in [4.78, 5) is 64.3. The Hall–Kier alpha value is -4.34. The molecule has 288 valence electrons. The first-order valence-electron chi connectivity index (χ1n) is 17.5. The number of ketones is 2. The Morgan fingerprint density at radius 3 is 1.98 bits per heavy atom. The van der Waals surface area contributed by atoms with Gasteiger partial charge in [-0.25, -0.2) is 22.7 Å². The lowest BCUT2D eigenvalue weighted by Crippen LogP contribution is -2.47. The van der Waals surface area contributed by atoms with Gasteiger partial charge in [-0.2, -0.15) is 0 Å². The quantitative estimate of drug-likeness (QED) is 0.0970. The van der Waals surface area contributed by atoms with Crippen LogP contribution in [-0.4, -0.2) is 73.9 Å². The lowest BCUT2D eigenvalue weighted by atomic mass is 9.86. The van der Waals surface area contributed by atoms with Crippen molar-refractivity contribution >= 4 is 39.6 Å². The molecule has 7 N–H and O–H groups in total. The molecule has 4 amide bonds. The number of benzene rings is 2. The van der Waals surface area contributed by atoms with Crippen molar-refractivity contribution in [2.75, 3.05) is 13.1 Å². The number of unbranched alkanes of at least 4 members (excludes halogenated alkanes) is 1. The molecule has 0 fully saturated rings. The molecule has 0 saturated heterocycles. The monoisotopic (exact) mass is 745 g/mol. The highest BCUT2D eigenvalue weighted by molar-refractivity contribution is 7.89. The van der Waals surface area contributed by atoms with Crippen molar-refractivity contribution < 1.29 is 42.2 Å². The average Bonchev–Trinajstić information content (AvgIpc) is 3.07. The van der Waals surface area contributed by atoms with Crippen LogP contribution < -0.4 is 26.4 Å². The molecule has 0 aromatic heterocycles. The number of hydrogen-bond acceptors (Lipinski definition) is 9. The average molecular weight is 746 g/mol. The third kappa shape index (κ3) is 16.3. The molecule has 2 aromatic carbocycles. The molecule has 0 radical (unpaired) electrons. The van der Waals surface area contributed by atoms with Crippen molar-refractivity contribution in [3.63, 3.8) is 0 Å². The fraction of sp³-hybridized carbons (Fsp3) is 0.541. The van der Waals surface area contributed by atoms with Crippen molar-refractivity contribution in [2.45, 2.75) is 109 Å². The van der Waals surface area contributed by atoms with Crippen molar-refractivity contribution in [1.29, 1.82) is 0 Å². The van der Waals surface area contributed by atoms with Crippen LogP contribution in [0.4, 0.5) is 9.59 Å². The second kappa shape index (κ2) is 21.2. The fourth-order valence-electron chi connectivity index (χ4n) is 5.31. The third-order valence-corrected chi connectivity index (χ3v) is 9.64. The highest BCUT2D eigenvalue weighted by Crippen LogP contribution is 2.21. The van der Waals surface area contributed by atoms with Gasteiger partial charge < -0.3 is 31.5 Å². The van der Waals surface area contributed by atoms with Gasteiger partial charge in [0.15, 0.2) is 11.6 Å². The van der Waals surface area contributed by atoms with Gasteiger partial charge >= 0.3 is 12.1 Å². The van der Waals surface area contributed by atoms with E-state index in [0.717, 1.165) is 0 Å². The standard InChI is InChI=1S/C37H55N5O9S/c1-25(2)29(34(46)41-30(15-11-21-39-35(38)47)32(44)22-26-16-18-27(24-43)19-17-26)23-33(45)31(42-52(49,50)28-12-7-6-8-13-28)14-9-10-20-40-36(48)51-37(3,4)5/h6-8,12-13,16-19,25,29-31,42-43H,9-11,14-15,20-24H2,1-5H3,(H,40,48)(H,41,46)(H3,38,39,47)/t29-,30-,31-/m0/s1. The van der Waals surface area contributed by atoms with Crippen molar-refractivity contribution in [1.82, 2.24) is 20.7 Å². The Labute approximate surface area is 307 Å². The molecular formula is C37H55N5O9S. The van der Waals surface area contributed by atoms with Gasteiger partial charge in [0, 0.05) is 31.8 Å². The number of carbonyl (C=O) groups excluding carboxylic acids is 5. The SMILES string of the molecule is CC(C)[C@H](CC(=O)[C@H](CCCCNC(=O)OC(C)(C)C)NS(=O)(=O)c1ccccc1)C(=O)N[C@@H](CCCNC(N)=O)C(=O)Cc1ccc(CO)cc1. The van der Waals surface area contributed by atoms with E-state index in [9.17, 15) is 37.5 Å². The molecular weight excluding hydrogens is 690 g/mol. The molecule has 3 atom stereocenters. The number of nitrogens with one attached hydrogen (secondary N) is 4. The summed E-state index contributed by atoms with van der Waals surface area (Å²) in [6.45, 7) is 9.04. The van der Waals surface area contributed by atoms with E-state index < -0.39 is 57.4 Å². The number of Topliss-reactive ketones (excluding diaryl/α,β-unsaturated/α-hetero) is 2. The first-order chi connectivity index (χ1) is 24.4. The summed E-state index contributed by atoms with van der Waals surface area (Å²) in [5.74, 6) is -2.57. The van der Waals surface area contributed by atoms with Crippen molar-refractivity contribution in [2.24, 2.45) is 17.6 Å². The Morgan fingerprint density at radius 1 is 0.808 bits per heavy atom. The highest BCUT2D eigenvalue weighted by atomic mass is 32.2. The Bertz CT molecular complexity index is 1580. The van der Waals surface area contributed by atoms with Gasteiger partial charge in [-0.3, -0.25) is 14.4 Å². The van der Waals surface area contributed by atoms with Gasteiger partial charge in [-0.05, 0) is 82.1 Å². The number of primary amides is 1. The largest absolute Gasteiger partial charge is 0.444 e. The number of amides is 4. The Kier molecular flexibility index (Phi) is 17.9. The summed E-state index contributed by atoms with van der Waals surface area (Å²) in [5, 5.41) is 17.3. The van der Waals surface area contributed by atoms with Gasteiger partial charge in [0.2, 0.25) is 15.9 Å². The van der Waals surface area contributed by atoms with Gasteiger partial charge in [-0.15, -0.1) is 0 Å². The van der Waals surface area contributed by atoms with Gasteiger partial charge in [0.25, 0.3) is 0 Å². The molecule has 2 rings (SSSR count). The molecule has 0 unspecified atom stereocenters. The van der Waals surface area contributed by atoms with E-state index in [1.54, 1.807) is 77.1 Å². The molecule has 14 nitrogen and oxygen atoms in total. The molecule has 0 aliphatic heterocycles. The van der Waals surface area contributed by atoms with Crippen LogP contribution in [0, 0.1) is 11.8 Å². The number of sulfonamides is 1. The molecule has 0 aliphatic rings. The van der Waals surface area contributed by atoms with E-state index in [4.69, 9.17) is 10.5 Å². The predicted molar refractivity (Wildman–Crippen MR) is 196 cm³/mol. The van der Waals surface area contributed by atoms with E-state index in [1.807, 2.05) is 0 Å². The first-order valence-corrected chi connectivity index (χ1v) is 19.0. The minimum absolute atomic E-state index is 0.00268. The van der Waals surface area contributed by atoms with Crippen LogP contribution >= 0.6 is 0 Å². The van der Waals surface area contributed by atoms with Crippen LogP contribution in [0.5, 0.6) is 0 Å². The number of aliphatic hydroxyl groups is 1. The van der Waals surface area contributed by atoms with E-state index in [-0.39, 0.29) is 62.0 Å². The van der Waals surface area contributed by atoms with E-state index in [1.165, 1.54) is 12.1 Å². The van der Waals surface area contributed by atoms with Crippen LogP contribution in [-0.2, 0) is 42.2 Å². The number of nitrogens with two attached hydrogens (primary N) is 1. The maximum Gasteiger partial charge on any atom is 0.407 e. The zero-order chi connectivity index (χ0) is 38.9. The maximum atomic E-state index is 13.9. The van der Waals surface area contributed by atoms with Crippen LogP contribution in [0.3, 0.4) is 0 Å². The van der Waals surface area contributed by atoms with Crippen molar-refractivity contribution in [3.8, 4) is 0 Å². The summed E-state index contributed by atoms with van der Waals surface area (Å²) in [6, 6.07) is 11.6. The number of hydrogen-bond donors (Lipinski definition) is 6. The topological polar surface area (TPSA) is 223 Å². The number of aliphatic hydroxyl groups excluding tert-OH is 1. The lowest BCUT2D eigenvalue weighted by Gasteiger charge is -2.26. The van der Waals surface area contributed by atoms with Gasteiger partial charge in [-0.1, -0.05) is 56.3 Å². The van der Waals surface area contributed by atoms with E-state index in [2.05, 4.69) is 20.7 Å². The summed E-state index contributed by atoms with van der Waals surface area (Å²) >= 11 is 0. The van der Waals surface area contributed by atoms with Crippen molar-refractivity contribution in [3.05, 3.63) is 65.7 Å². The zero-order valence-electron chi connectivity index (χ0n) is 30.8. The minimum atomic E-state index is -4.10. The normalized spacial score (nSPS) is 13.4. The molecule has 0 bridgehead atoms. The van der Waals surface area contributed by atoms with Crippen LogP contribution in [0.15, 0.2) is 59.5 Å². The second-order valence-electron chi connectivity index (χ2n) is 14.0. The summed E-state index contributed by atoms with van der Waals surface area (Å²) in [6.07, 6.45) is 0.548. The smallest absolute Gasteiger partial charge is 0.407 e. The molecule has 15 heteroatoms. The zero-order valence-corrected chi connectivity index (χ0v) is 31.6. The number of alkyl carbamates (subject to hydrolysis) is 1. The Balaban J connectivity index is 2.22. The lowest BCUT2D eigenvalue weighted by molar-refractivity contribution is -0.134. The molecule has 52 heavy (non-hydrogen) atoms. The summed E-state index contributed by atoms with van der Waals surface area (Å²) in [7, 11) is -4.10. The third-order valence-electron chi connectivity index (χ3n) is 8.15. The summed E-state index contributed by atoms with van der Waals surface area (Å²) in [5.41, 5.74) is 5.87. The fourth-order valence-corrected chi connectivity index (χ4v) is 6.58. The number of ether oxygens (including phenoxy) is 1. The van der Waals surface area contributed by atoms with Crippen LogP contribution in [0.1, 0.15) is 84.3 Å².